The van der Waals surface area contributed by atoms with Crippen LogP contribution in [0.5, 0.6) is 0 Å². The third kappa shape index (κ3) is 4.88. The van der Waals surface area contributed by atoms with Crippen LogP contribution in [0, 0.1) is 0 Å². The molecule has 0 aliphatic carbocycles. The fourth-order valence-electron chi connectivity index (χ4n) is 8.47. The summed E-state index contributed by atoms with van der Waals surface area (Å²) in [6.45, 7) is 0. The number of rotatable bonds is 5. The van der Waals surface area contributed by atoms with Crippen LogP contribution in [0.3, 0.4) is 0 Å². The van der Waals surface area contributed by atoms with Crippen LogP contribution < -0.4 is 4.90 Å². The Hall–Kier alpha value is -7.16. The summed E-state index contributed by atoms with van der Waals surface area (Å²) in [6, 6.07) is 72.4. The summed E-state index contributed by atoms with van der Waals surface area (Å²) in [5.41, 5.74) is 9.79. The summed E-state index contributed by atoms with van der Waals surface area (Å²) in [4.78, 5) is 2.37. The summed E-state index contributed by atoms with van der Waals surface area (Å²) >= 11 is 0. The lowest BCUT2D eigenvalue weighted by Crippen LogP contribution is -2.10. The quantitative estimate of drug-likeness (QED) is 0.168. The van der Waals surface area contributed by atoms with Crippen molar-refractivity contribution in [3.63, 3.8) is 0 Å². The molecule has 0 amide bonds. The normalized spacial score (nSPS) is 11.7. The third-order valence-corrected chi connectivity index (χ3v) is 11.0. The van der Waals surface area contributed by atoms with Gasteiger partial charge in [-0.05, 0) is 120 Å². The minimum absolute atomic E-state index is 0.885. The molecule has 252 valence electrons. The number of hydrogen-bond acceptors (Lipinski definition) is 2. The molecule has 0 aliphatic rings. The fraction of sp³-hybridized carbons (Fsp3) is 0. The Bertz CT molecular complexity index is 3210. The van der Waals surface area contributed by atoms with Crippen LogP contribution >= 0.6 is 0 Å². The molecule has 11 aromatic rings. The second kappa shape index (κ2) is 12.2. The Balaban J connectivity index is 1.14. The number of nitrogens with zero attached hydrogens (tertiary/aromatic N) is 1. The number of para-hydroxylation sites is 1. The summed E-state index contributed by atoms with van der Waals surface area (Å²) in [7, 11) is 0. The highest BCUT2D eigenvalue weighted by Gasteiger charge is 2.18. The van der Waals surface area contributed by atoms with Crippen molar-refractivity contribution in [1.29, 1.82) is 0 Å². The summed E-state index contributed by atoms with van der Waals surface area (Å²) in [6.07, 6.45) is 0. The van der Waals surface area contributed by atoms with Crippen LogP contribution in [0.25, 0.3) is 87.3 Å². The number of anilines is 3. The van der Waals surface area contributed by atoms with Gasteiger partial charge in [0.2, 0.25) is 0 Å². The van der Waals surface area contributed by atoms with E-state index in [4.69, 9.17) is 4.42 Å². The van der Waals surface area contributed by atoms with Crippen molar-refractivity contribution in [1.82, 2.24) is 0 Å². The van der Waals surface area contributed by atoms with Crippen LogP contribution in [0.2, 0.25) is 0 Å². The van der Waals surface area contributed by atoms with Crippen molar-refractivity contribution >= 4 is 82.1 Å². The maximum Gasteiger partial charge on any atom is 0.135 e. The SMILES string of the molecule is c1ccc(-c2ccc(N(c3cccc(-c4cc5ccccc5c5c4ccc4ccc6ccccc6c45)c3)c3ccc4oc5ccccc5c4c3)cc2)cc1. The maximum atomic E-state index is 6.26. The van der Waals surface area contributed by atoms with Crippen molar-refractivity contribution in [2.45, 2.75) is 0 Å². The van der Waals surface area contributed by atoms with Crippen molar-refractivity contribution in [2.75, 3.05) is 4.90 Å². The minimum Gasteiger partial charge on any atom is -0.456 e. The summed E-state index contributed by atoms with van der Waals surface area (Å²) < 4.78 is 6.26. The molecule has 0 unspecified atom stereocenters. The number of fused-ring (bicyclic) bond motifs is 10. The van der Waals surface area contributed by atoms with Crippen molar-refractivity contribution < 1.29 is 4.42 Å². The van der Waals surface area contributed by atoms with Gasteiger partial charge in [-0.2, -0.15) is 0 Å². The van der Waals surface area contributed by atoms with Crippen molar-refractivity contribution in [3.05, 3.63) is 200 Å². The van der Waals surface area contributed by atoms with Crippen molar-refractivity contribution in [3.8, 4) is 22.3 Å². The molecule has 0 saturated heterocycles. The van der Waals surface area contributed by atoms with E-state index in [0.29, 0.717) is 0 Å². The van der Waals surface area contributed by atoms with E-state index < -0.39 is 0 Å². The van der Waals surface area contributed by atoms with Crippen LogP contribution in [0.1, 0.15) is 0 Å². The summed E-state index contributed by atoms with van der Waals surface area (Å²) in [5, 5.41) is 12.4. The van der Waals surface area contributed by atoms with Gasteiger partial charge in [0.25, 0.3) is 0 Å². The van der Waals surface area contributed by atoms with Gasteiger partial charge < -0.3 is 9.32 Å². The van der Waals surface area contributed by atoms with E-state index in [1.807, 2.05) is 12.1 Å². The van der Waals surface area contributed by atoms with E-state index in [2.05, 4.69) is 193 Å². The standard InChI is InChI=1S/C52H33NO/c1-2-11-34(12-3-1)35-23-26-40(27-24-35)53(42-28-30-50-48(33-42)45-19-8-9-20-49(45)54-50)41-16-10-15-38(31-41)47-32-39-14-5-7-18-44(39)52-46(47)29-25-37-22-21-36-13-4-6-17-43(36)51(37)52/h1-33H. The van der Waals surface area contributed by atoms with Gasteiger partial charge in [0, 0.05) is 27.8 Å². The molecule has 0 radical (unpaired) electrons. The van der Waals surface area contributed by atoms with E-state index in [1.165, 1.54) is 65.3 Å². The average Bonchev–Trinajstić information content (AvgIpc) is 3.62. The highest BCUT2D eigenvalue weighted by atomic mass is 16.3. The van der Waals surface area contributed by atoms with Gasteiger partial charge in [0.15, 0.2) is 0 Å². The van der Waals surface area contributed by atoms with Gasteiger partial charge in [0.05, 0.1) is 0 Å². The highest BCUT2D eigenvalue weighted by Crippen LogP contribution is 2.44. The van der Waals surface area contributed by atoms with Crippen molar-refractivity contribution in [2.24, 2.45) is 0 Å². The molecular weight excluding hydrogens is 655 g/mol. The van der Waals surface area contributed by atoms with Gasteiger partial charge in [-0.1, -0.05) is 146 Å². The first-order chi connectivity index (χ1) is 26.8. The van der Waals surface area contributed by atoms with E-state index in [9.17, 15) is 0 Å². The zero-order chi connectivity index (χ0) is 35.6. The monoisotopic (exact) mass is 687 g/mol. The van der Waals surface area contributed by atoms with Gasteiger partial charge in [0.1, 0.15) is 11.2 Å². The molecule has 10 aromatic carbocycles. The predicted molar refractivity (Wildman–Crippen MR) is 229 cm³/mol. The zero-order valence-electron chi connectivity index (χ0n) is 29.4. The molecule has 0 spiro atoms. The van der Waals surface area contributed by atoms with Gasteiger partial charge >= 0.3 is 0 Å². The molecule has 0 atom stereocenters. The number of benzene rings is 10. The third-order valence-electron chi connectivity index (χ3n) is 11.0. The molecule has 0 fully saturated rings. The number of furan rings is 1. The average molecular weight is 688 g/mol. The molecule has 0 N–H and O–H groups in total. The molecule has 0 bridgehead atoms. The second-order valence-electron chi connectivity index (χ2n) is 14.1. The Labute approximate surface area is 312 Å². The molecule has 2 heteroatoms. The minimum atomic E-state index is 0.885. The van der Waals surface area contributed by atoms with Gasteiger partial charge in [-0.15, -0.1) is 0 Å². The largest absolute Gasteiger partial charge is 0.456 e. The second-order valence-corrected chi connectivity index (χ2v) is 14.1. The lowest BCUT2D eigenvalue weighted by Gasteiger charge is -2.26. The van der Waals surface area contributed by atoms with Crippen LogP contribution in [0.4, 0.5) is 17.1 Å². The molecule has 2 nitrogen and oxygen atoms in total. The Morgan fingerprint density at radius 1 is 0.296 bits per heavy atom. The first-order valence-corrected chi connectivity index (χ1v) is 18.5. The first-order valence-electron chi connectivity index (χ1n) is 18.5. The first kappa shape index (κ1) is 30.5. The Morgan fingerprint density at radius 3 is 1.76 bits per heavy atom. The van der Waals surface area contributed by atoms with E-state index >= 15 is 0 Å². The van der Waals surface area contributed by atoms with Gasteiger partial charge in [-0.3, -0.25) is 0 Å². The Kier molecular flexibility index (Phi) is 6.90. The van der Waals surface area contributed by atoms with Gasteiger partial charge in [-0.25, -0.2) is 0 Å². The molecule has 11 rings (SSSR count). The zero-order valence-corrected chi connectivity index (χ0v) is 29.4. The molecular formula is C52H33NO. The highest BCUT2D eigenvalue weighted by molar-refractivity contribution is 6.30. The van der Waals surface area contributed by atoms with Crippen LogP contribution in [0.15, 0.2) is 205 Å². The Morgan fingerprint density at radius 2 is 0.907 bits per heavy atom. The molecule has 1 aromatic heterocycles. The van der Waals surface area contributed by atoms with Crippen LogP contribution in [-0.4, -0.2) is 0 Å². The predicted octanol–water partition coefficient (Wildman–Crippen LogP) is 15.0. The fourth-order valence-corrected chi connectivity index (χ4v) is 8.47. The molecule has 0 aliphatic heterocycles. The molecule has 54 heavy (non-hydrogen) atoms. The topological polar surface area (TPSA) is 16.4 Å². The maximum absolute atomic E-state index is 6.26. The van der Waals surface area contributed by atoms with E-state index in [1.54, 1.807) is 0 Å². The van der Waals surface area contributed by atoms with E-state index in [0.717, 1.165) is 39.0 Å². The smallest absolute Gasteiger partial charge is 0.135 e. The summed E-state index contributed by atoms with van der Waals surface area (Å²) in [5.74, 6) is 0. The van der Waals surface area contributed by atoms with E-state index in [-0.39, 0.29) is 0 Å². The lowest BCUT2D eigenvalue weighted by molar-refractivity contribution is 0.669. The lowest BCUT2D eigenvalue weighted by atomic mass is 9.88. The molecule has 1 heterocycles. The number of hydrogen-bond donors (Lipinski definition) is 0. The van der Waals surface area contributed by atoms with Crippen LogP contribution in [-0.2, 0) is 0 Å². The molecule has 0 saturated carbocycles.